The lowest BCUT2D eigenvalue weighted by atomic mass is 10.0. The number of carbonyl (C=O) groups is 1. The molecule has 2 rings (SSSR count). The molecule has 0 amide bonds. The summed E-state index contributed by atoms with van der Waals surface area (Å²) < 4.78 is 6.96. The molecule has 2 aromatic rings. The number of hydrogen-bond donors (Lipinski definition) is 1. The Morgan fingerprint density at radius 2 is 2.17 bits per heavy atom. The maximum absolute atomic E-state index is 10.8. The lowest BCUT2D eigenvalue weighted by molar-refractivity contribution is -0.136. The Balaban J connectivity index is 2.55. The summed E-state index contributed by atoms with van der Waals surface area (Å²) in [5.74, 6) is -0.174. The minimum absolute atomic E-state index is 0.0543. The molecule has 0 aliphatic carbocycles. The zero-order chi connectivity index (χ0) is 13.1. The first-order valence-electron chi connectivity index (χ1n) is 5.49. The molecule has 0 unspecified atom stereocenters. The Morgan fingerprint density at radius 1 is 1.44 bits per heavy atom. The van der Waals surface area contributed by atoms with Crippen LogP contribution in [0.4, 0.5) is 0 Å². The van der Waals surface area contributed by atoms with Crippen LogP contribution in [-0.4, -0.2) is 28.0 Å². The Morgan fingerprint density at radius 3 is 2.83 bits per heavy atom. The second-order valence-corrected chi connectivity index (χ2v) is 3.91. The van der Waals surface area contributed by atoms with Gasteiger partial charge in [0.1, 0.15) is 5.75 Å². The van der Waals surface area contributed by atoms with Crippen molar-refractivity contribution in [2.75, 3.05) is 7.11 Å². The molecule has 0 atom stereocenters. The molecule has 0 fully saturated rings. The standard InChI is InChI=1S/C13H14N2O3/c1-15-13(9(8-14-15)7-12(16)17)10-5-3-4-6-11(10)18-2/h3-6,8H,7H2,1-2H3,(H,16,17). The lowest BCUT2D eigenvalue weighted by Gasteiger charge is -2.10. The van der Waals surface area contributed by atoms with E-state index in [2.05, 4.69) is 5.10 Å². The van der Waals surface area contributed by atoms with Crippen molar-refractivity contribution in [1.82, 2.24) is 9.78 Å². The van der Waals surface area contributed by atoms with Gasteiger partial charge in [0.15, 0.2) is 0 Å². The fraction of sp³-hybridized carbons (Fsp3) is 0.231. The first-order valence-corrected chi connectivity index (χ1v) is 5.49. The van der Waals surface area contributed by atoms with Crippen molar-refractivity contribution in [3.05, 3.63) is 36.0 Å². The smallest absolute Gasteiger partial charge is 0.307 e. The van der Waals surface area contributed by atoms with E-state index >= 15 is 0 Å². The average Bonchev–Trinajstić information content (AvgIpc) is 2.69. The van der Waals surface area contributed by atoms with E-state index in [9.17, 15) is 4.79 Å². The Hall–Kier alpha value is -2.30. The second kappa shape index (κ2) is 4.91. The largest absolute Gasteiger partial charge is 0.496 e. The number of para-hydroxylation sites is 1. The highest BCUT2D eigenvalue weighted by molar-refractivity contribution is 5.77. The molecule has 1 aromatic heterocycles. The number of nitrogens with zero attached hydrogens (tertiary/aromatic N) is 2. The number of aliphatic carboxylic acids is 1. The van der Waals surface area contributed by atoms with E-state index in [1.807, 2.05) is 24.3 Å². The van der Waals surface area contributed by atoms with E-state index in [-0.39, 0.29) is 6.42 Å². The molecule has 94 valence electrons. The van der Waals surface area contributed by atoms with Crippen LogP contribution in [-0.2, 0) is 18.3 Å². The summed E-state index contributed by atoms with van der Waals surface area (Å²) in [5, 5.41) is 13.0. The number of ether oxygens (including phenoxy) is 1. The molecule has 0 saturated heterocycles. The first-order chi connectivity index (χ1) is 8.63. The quantitative estimate of drug-likeness (QED) is 0.892. The molecular formula is C13H14N2O3. The Bertz CT molecular complexity index is 575. The van der Waals surface area contributed by atoms with Gasteiger partial charge in [-0.3, -0.25) is 9.48 Å². The third-order valence-electron chi connectivity index (χ3n) is 2.72. The van der Waals surface area contributed by atoms with Gasteiger partial charge < -0.3 is 9.84 Å². The summed E-state index contributed by atoms with van der Waals surface area (Å²) in [6.45, 7) is 0. The monoisotopic (exact) mass is 246 g/mol. The van der Waals surface area contributed by atoms with E-state index in [1.54, 1.807) is 25.0 Å². The van der Waals surface area contributed by atoms with Crippen LogP contribution in [0.3, 0.4) is 0 Å². The molecule has 0 saturated carbocycles. The molecule has 0 spiro atoms. The van der Waals surface area contributed by atoms with Crippen molar-refractivity contribution in [2.24, 2.45) is 7.05 Å². The number of methoxy groups -OCH3 is 1. The Labute approximate surface area is 105 Å². The highest BCUT2D eigenvalue weighted by Crippen LogP contribution is 2.31. The van der Waals surface area contributed by atoms with Crippen LogP contribution in [0.15, 0.2) is 30.5 Å². The zero-order valence-electron chi connectivity index (χ0n) is 10.3. The first kappa shape index (κ1) is 12.2. The highest BCUT2D eigenvalue weighted by Gasteiger charge is 2.16. The molecule has 5 nitrogen and oxygen atoms in total. The molecule has 1 N–H and O–H groups in total. The van der Waals surface area contributed by atoms with Crippen LogP contribution < -0.4 is 4.74 Å². The van der Waals surface area contributed by atoms with E-state index in [1.165, 1.54) is 0 Å². The minimum Gasteiger partial charge on any atom is -0.496 e. The number of aromatic nitrogens is 2. The molecule has 1 heterocycles. The summed E-state index contributed by atoms with van der Waals surface area (Å²) in [6.07, 6.45) is 1.52. The van der Waals surface area contributed by atoms with Gasteiger partial charge in [0, 0.05) is 18.2 Å². The van der Waals surface area contributed by atoms with E-state index in [4.69, 9.17) is 9.84 Å². The van der Waals surface area contributed by atoms with Crippen LogP contribution in [0.25, 0.3) is 11.3 Å². The van der Waals surface area contributed by atoms with Crippen LogP contribution >= 0.6 is 0 Å². The van der Waals surface area contributed by atoms with Gasteiger partial charge >= 0.3 is 5.97 Å². The number of carboxylic acids is 1. The Kier molecular flexibility index (Phi) is 3.32. The predicted octanol–water partition coefficient (Wildman–Crippen LogP) is 1.72. The van der Waals surface area contributed by atoms with Gasteiger partial charge in [-0.15, -0.1) is 0 Å². The van der Waals surface area contributed by atoms with E-state index in [0.717, 1.165) is 11.3 Å². The van der Waals surface area contributed by atoms with Crippen molar-refractivity contribution in [3.8, 4) is 17.0 Å². The molecule has 1 aromatic carbocycles. The molecule has 0 aliphatic rings. The molecular weight excluding hydrogens is 232 g/mol. The predicted molar refractivity (Wildman–Crippen MR) is 66.5 cm³/mol. The fourth-order valence-electron chi connectivity index (χ4n) is 1.96. The number of hydrogen-bond acceptors (Lipinski definition) is 3. The SMILES string of the molecule is COc1ccccc1-c1c(CC(=O)O)cnn1C. The topological polar surface area (TPSA) is 64.3 Å². The van der Waals surface area contributed by atoms with Gasteiger partial charge in [-0.25, -0.2) is 0 Å². The number of aryl methyl sites for hydroxylation is 1. The molecule has 0 aliphatic heterocycles. The summed E-state index contributed by atoms with van der Waals surface area (Å²) in [6, 6.07) is 7.49. The summed E-state index contributed by atoms with van der Waals surface area (Å²) >= 11 is 0. The third-order valence-corrected chi connectivity index (χ3v) is 2.72. The normalized spacial score (nSPS) is 10.3. The van der Waals surface area contributed by atoms with Gasteiger partial charge in [-0.2, -0.15) is 5.10 Å². The van der Waals surface area contributed by atoms with Crippen LogP contribution in [0.2, 0.25) is 0 Å². The van der Waals surface area contributed by atoms with Crippen LogP contribution in [0, 0.1) is 0 Å². The fourth-order valence-corrected chi connectivity index (χ4v) is 1.96. The van der Waals surface area contributed by atoms with Gasteiger partial charge in [-0.05, 0) is 12.1 Å². The van der Waals surface area contributed by atoms with Crippen molar-refractivity contribution in [2.45, 2.75) is 6.42 Å². The average molecular weight is 246 g/mol. The number of rotatable bonds is 4. The molecule has 18 heavy (non-hydrogen) atoms. The maximum Gasteiger partial charge on any atom is 0.307 e. The van der Waals surface area contributed by atoms with Crippen molar-refractivity contribution >= 4 is 5.97 Å². The van der Waals surface area contributed by atoms with Gasteiger partial charge in [-0.1, -0.05) is 12.1 Å². The zero-order valence-corrected chi connectivity index (χ0v) is 10.3. The summed E-state index contributed by atoms with van der Waals surface area (Å²) in [5.41, 5.74) is 2.29. The van der Waals surface area contributed by atoms with Crippen molar-refractivity contribution in [1.29, 1.82) is 0 Å². The third kappa shape index (κ3) is 2.20. The highest BCUT2D eigenvalue weighted by atomic mass is 16.5. The number of benzene rings is 1. The van der Waals surface area contributed by atoms with Gasteiger partial charge in [0.25, 0.3) is 0 Å². The van der Waals surface area contributed by atoms with Crippen LogP contribution in [0.1, 0.15) is 5.56 Å². The molecule has 0 bridgehead atoms. The second-order valence-electron chi connectivity index (χ2n) is 3.91. The van der Waals surface area contributed by atoms with Crippen LogP contribution in [0.5, 0.6) is 5.75 Å². The van der Waals surface area contributed by atoms with Crippen molar-refractivity contribution in [3.63, 3.8) is 0 Å². The maximum atomic E-state index is 10.8. The van der Waals surface area contributed by atoms with Crippen molar-refractivity contribution < 1.29 is 14.6 Å². The van der Waals surface area contributed by atoms with E-state index in [0.29, 0.717) is 11.3 Å². The summed E-state index contributed by atoms with van der Waals surface area (Å²) in [4.78, 5) is 10.8. The summed E-state index contributed by atoms with van der Waals surface area (Å²) in [7, 11) is 3.37. The van der Waals surface area contributed by atoms with E-state index < -0.39 is 5.97 Å². The number of carboxylic acid groups (broad SMARTS) is 1. The molecule has 0 radical (unpaired) electrons. The minimum atomic E-state index is -0.876. The van der Waals surface area contributed by atoms with Gasteiger partial charge in [0.2, 0.25) is 0 Å². The lowest BCUT2D eigenvalue weighted by Crippen LogP contribution is -2.03. The van der Waals surface area contributed by atoms with Gasteiger partial charge in [0.05, 0.1) is 25.4 Å². The molecule has 5 heteroatoms.